The fraction of sp³-hybridized carbons (Fsp3) is 0.857. The predicted octanol–water partition coefficient (Wildman–Crippen LogP) is 2.68. The molecule has 1 saturated carbocycles. The van der Waals surface area contributed by atoms with Crippen molar-refractivity contribution in [1.82, 2.24) is 4.90 Å². The highest BCUT2D eigenvalue weighted by atomic mass is 19.4. The minimum Gasteiger partial charge on any atom is -0.481 e. The second-order valence-corrected chi connectivity index (χ2v) is 6.06. The van der Waals surface area contributed by atoms with Gasteiger partial charge in [0.05, 0.1) is 11.8 Å². The smallest absolute Gasteiger partial charge is 0.393 e. The fourth-order valence-corrected chi connectivity index (χ4v) is 3.34. The Hall–Kier alpha value is -1.27. The number of carbonyl (C=O) groups is 2. The van der Waals surface area contributed by atoms with Crippen molar-refractivity contribution in [2.75, 3.05) is 13.1 Å². The number of likely N-dealkylation sites (tertiary alicyclic amines) is 1. The Bertz CT molecular complexity index is 411. The molecule has 2 aliphatic rings. The lowest BCUT2D eigenvalue weighted by Gasteiger charge is -2.37. The van der Waals surface area contributed by atoms with E-state index in [1.165, 1.54) is 4.90 Å². The first-order valence-corrected chi connectivity index (χ1v) is 7.37. The molecule has 2 fully saturated rings. The molecular formula is C14H20F3NO3. The van der Waals surface area contributed by atoms with Crippen LogP contribution in [0.15, 0.2) is 0 Å². The molecule has 120 valence electrons. The monoisotopic (exact) mass is 307 g/mol. The first-order chi connectivity index (χ1) is 9.79. The molecule has 1 saturated heterocycles. The maximum absolute atomic E-state index is 12.8. The van der Waals surface area contributed by atoms with Gasteiger partial charge in [0, 0.05) is 19.0 Å². The average molecular weight is 307 g/mol. The van der Waals surface area contributed by atoms with Gasteiger partial charge in [0.25, 0.3) is 0 Å². The van der Waals surface area contributed by atoms with Gasteiger partial charge in [0.1, 0.15) is 0 Å². The number of carboxylic acid groups (broad SMARTS) is 1. The summed E-state index contributed by atoms with van der Waals surface area (Å²) in [5.74, 6) is -3.65. The van der Waals surface area contributed by atoms with Crippen LogP contribution in [0.5, 0.6) is 0 Å². The Morgan fingerprint density at radius 3 is 2.33 bits per heavy atom. The van der Waals surface area contributed by atoms with Crippen LogP contribution in [0.2, 0.25) is 0 Å². The van der Waals surface area contributed by atoms with Crippen molar-refractivity contribution < 1.29 is 27.9 Å². The number of piperidine rings is 1. The second-order valence-electron chi connectivity index (χ2n) is 6.06. The van der Waals surface area contributed by atoms with Gasteiger partial charge in [0.15, 0.2) is 0 Å². The van der Waals surface area contributed by atoms with Crippen LogP contribution >= 0.6 is 0 Å². The lowest BCUT2D eigenvalue weighted by Crippen LogP contribution is -2.47. The molecular weight excluding hydrogens is 287 g/mol. The van der Waals surface area contributed by atoms with Crippen LogP contribution in [0.4, 0.5) is 13.2 Å². The van der Waals surface area contributed by atoms with Gasteiger partial charge in [-0.25, -0.2) is 0 Å². The van der Waals surface area contributed by atoms with Crippen molar-refractivity contribution in [2.24, 2.45) is 17.8 Å². The summed E-state index contributed by atoms with van der Waals surface area (Å²) < 4.78 is 38.3. The quantitative estimate of drug-likeness (QED) is 0.853. The third kappa shape index (κ3) is 3.89. The van der Waals surface area contributed by atoms with E-state index in [2.05, 4.69) is 0 Å². The Morgan fingerprint density at radius 1 is 1.05 bits per heavy atom. The SMILES string of the molecule is O=C(O)[C@@H]1CCC[C@H](C(=O)N2CCC[C@@H](C(F)(F)F)C2)C1. The van der Waals surface area contributed by atoms with Crippen LogP contribution in [-0.4, -0.2) is 41.1 Å². The summed E-state index contributed by atoms with van der Waals surface area (Å²) >= 11 is 0. The van der Waals surface area contributed by atoms with Crippen molar-refractivity contribution >= 4 is 11.9 Å². The molecule has 21 heavy (non-hydrogen) atoms. The van der Waals surface area contributed by atoms with E-state index in [1.54, 1.807) is 0 Å². The van der Waals surface area contributed by atoms with Crippen LogP contribution in [0.1, 0.15) is 38.5 Å². The Balaban J connectivity index is 1.97. The Labute approximate surface area is 121 Å². The molecule has 1 N–H and O–H groups in total. The first kappa shape index (κ1) is 16.1. The number of alkyl halides is 3. The number of aliphatic carboxylic acids is 1. The predicted molar refractivity (Wildman–Crippen MR) is 68.4 cm³/mol. The van der Waals surface area contributed by atoms with Crippen LogP contribution < -0.4 is 0 Å². The van der Waals surface area contributed by atoms with E-state index in [0.29, 0.717) is 32.2 Å². The van der Waals surface area contributed by atoms with Crippen molar-refractivity contribution in [3.05, 3.63) is 0 Å². The van der Waals surface area contributed by atoms with E-state index in [0.717, 1.165) is 0 Å². The van der Waals surface area contributed by atoms with Gasteiger partial charge in [-0.05, 0) is 32.1 Å². The van der Waals surface area contributed by atoms with Crippen molar-refractivity contribution in [1.29, 1.82) is 0 Å². The molecule has 4 nitrogen and oxygen atoms in total. The third-order valence-corrected chi connectivity index (χ3v) is 4.57. The molecule has 0 aromatic rings. The number of halogens is 3. The van der Waals surface area contributed by atoms with E-state index in [9.17, 15) is 22.8 Å². The molecule has 1 aliphatic heterocycles. The van der Waals surface area contributed by atoms with Gasteiger partial charge in [-0.15, -0.1) is 0 Å². The largest absolute Gasteiger partial charge is 0.481 e. The molecule has 0 bridgehead atoms. The zero-order valence-electron chi connectivity index (χ0n) is 11.7. The lowest BCUT2D eigenvalue weighted by atomic mass is 9.80. The lowest BCUT2D eigenvalue weighted by molar-refractivity contribution is -0.188. The van der Waals surface area contributed by atoms with Gasteiger partial charge < -0.3 is 10.0 Å². The topological polar surface area (TPSA) is 57.6 Å². The van der Waals surface area contributed by atoms with Gasteiger partial charge >= 0.3 is 12.1 Å². The van der Waals surface area contributed by atoms with Crippen LogP contribution in [-0.2, 0) is 9.59 Å². The minimum atomic E-state index is -4.27. The van der Waals surface area contributed by atoms with E-state index in [-0.39, 0.29) is 25.3 Å². The highest BCUT2D eigenvalue weighted by Crippen LogP contribution is 2.35. The minimum absolute atomic E-state index is 0.0652. The summed E-state index contributed by atoms with van der Waals surface area (Å²) in [4.78, 5) is 24.7. The summed E-state index contributed by atoms with van der Waals surface area (Å²) in [5.41, 5.74) is 0. The van der Waals surface area contributed by atoms with Crippen LogP contribution in [0, 0.1) is 17.8 Å². The number of nitrogens with zero attached hydrogens (tertiary/aromatic N) is 1. The average Bonchev–Trinajstić information content (AvgIpc) is 2.46. The maximum Gasteiger partial charge on any atom is 0.393 e. The van der Waals surface area contributed by atoms with Gasteiger partial charge in [-0.3, -0.25) is 9.59 Å². The molecule has 2 rings (SSSR count). The third-order valence-electron chi connectivity index (χ3n) is 4.57. The van der Waals surface area contributed by atoms with Crippen molar-refractivity contribution in [3.63, 3.8) is 0 Å². The summed E-state index contributed by atoms with van der Waals surface area (Å²) in [6.45, 7) is 0.0657. The molecule has 0 spiro atoms. The number of hydrogen-bond acceptors (Lipinski definition) is 2. The van der Waals surface area contributed by atoms with E-state index in [4.69, 9.17) is 5.11 Å². The van der Waals surface area contributed by atoms with Gasteiger partial charge in [-0.2, -0.15) is 13.2 Å². The van der Waals surface area contributed by atoms with E-state index >= 15 is 0 Å². The molecule has 1 amide bonds. The summed E-state index contributed by atoms with van der Waals surface area (Å²) in [6.07, 6.45) is -1.83. The first-order valence-electron chi connectivity index (χ1n) is 7.37. The highest BCUT2D eigenvalue weighted by molar-refractivity contribution is 5.80. The van der Waals surface area contributed by atoms with E-state index in [1.807, 2.05) is 0 Å². The molecule has 1 aliphatic carbocycles. The molecule has 0 unspecified atom stereocenters. The van der Waals surface area contributed by atoms with Gasteiger partial charge in [-0.1, -0.05) is 6.42 Å². The zero-order valence-corrected chi connectivity index (χ0v) is 11.7. The van der Waals surface area contributed by atoms with Crippen molar-refractivity contribution in [3.8, 4) is 0 Å². The summed E-state index contributed by atoms with van der Waals surface area (Å²) in [5, 5.41) is 9.02. The molecule has 0 radical (unpaired) electrons. The van der Waals surface area contributed by atoms with Crippen molar-refractivity contribution in [2.45, 2.75) is 44.7 Å². The maximum atomic E-state index is 12.8. The number of rotatable bonds is 2. The molecule has 0 aromatic carbocycles. The van der Waals surface area contributed by atoms with Crippen LogP contribution in [0.3, 0.4) is 0 Å². The molecule has 0 aromatic heterocycles. The molecule has 1 heterocycles. The number of amides is 1. The summed E-state index contributed by atoms with van der Waals surface area (Å²) in [7, 11) is 0. The fourth-order valence-electron chi connectivity index (χ4n) is 3.34. The number of carbonyl (C=O) groups excluding carboxylic acids is 1. The second kappa shape index (κ2) is 6.23. The summed E-state index contributed by atoms with van der Waals surface area (Å²) in [6, 6.07) is 0. The Kier molecular flexibility index (Phi) is 4.78. The molecule has 7 heteroatoms. The molecule has 3 atom stereocenters. The zero-order chi connectivity index (χ0) is 15.6. The highest BCUT2D eigenvalue weighted by Gasteiger charge is 2.44. The van der Waals surface area contributed by atoms with Crippen LogP contribution in [0.25, 0.3) is 0 Å². The van der Waals surface area contributed by atoms with E-state index < -0.39 is 29.9 Å². The standard InChI is InChI=1S/C14H20F3NO3/c15-14(16,17)11-5-2-6-18(8-11)12(19)9-3-1-4-10(7-9)13(20)21/h9-11H,1-8H2,(H,20,21)/t9-,10+,11+/m0/s1. The normalized spacial score (nSPS) is 31.0. The number of carboxylic acids is 1. The Morgan fingerprint density at radius 2 is 1.71 bits per heavy atom. The number of hydrogen-bond donors (Lipinski definition) is 1. The van der Waals surface area contributed by atoms with Gasteiger partial charge in [0.2, 0.25) is 5.91 Å².